The molecule has 0 amide bonds. The van der Waals surface area contributed by atoms with Crippen molar-refractivity contribution in [2.45, 2.75) is 0 Å². The van der Waals surface area contributed by atoms with Crippen LogP contribution in [0.3, 0.4) is 0 Å². The summed E-state index contributed by atoms with van der Waals surface area (Å²) in [5.74, 6) is 0. The first-order chi connectivity index (χ1) is 11.7. The van der Waals surface area contributed by atoms with Gasteiger partial charge in [0.05, 0.1) is 4.53 Å². The Kier molecular flexibility index (Phi) is 3.47. The molecule has 0 spiro atoms. The fraction of sp³-hybridized carbons (Fsp3) is 0. The van der Waals surface area contributed by atoms with E-state index in [9.17, 15) is 9.59 Å². The first kappa shape index (κ1) is 14.4. The number of thiazole rings is 1. The fourth-order valence-electron chi connectivity index (χ4n) is 2.30. The minimum absolute atomic E-state index is 0.165. The molecule has 4 aromatic rings. The van der Waals surface area contributed by atoms with Crippen molar-refractivity contribution >= 4 is 22.4 Å². The van der Waals surface area contributed by atoms with E-state index in [2.05, 4.69) is 15.1 Å². The van der Waals surface area contributed by atoms with Crippen molar-refractivity contribution in [3.05, 3.63) is 85.7 Å². The maximum absolute atomic E-state index is 12.5. The summed E-state index contributed by atoms with van der Waals surface area (Å²) >= 11 is 1.14. The van der Waals surface area contributed by atoms with Crippen LogP contribution in [-0.2, 0) is 0 Å². The van der Waals surface area contributed by atoms with Gasteiger partial charge in [-0.15, -0.1) is 0 Å². The molecule has 7 heteroatoms. The van der Waals surface area contributed by atoms with Crippen LogP contribution in [0, 0.1) is 0 Å². The first-order valence-electron chi connectivity index (χ1n) is 7.13. The van der Waals surface area contributed by atoms with E-state index < -0.39 is 5.56 Å². The van der Waals surface area contributed by atoms with Crippen LogP contribution in [0.2, 0.25) is 0 Å². The molecule has 1 aromatic carbocycles. The molecule has 3 heterocycles. The third kappa shape index (κ3) is 2.50. The minimum Gasteiger partial charge on any atom is -0.266 e. The molecule has 0 aliphatic heterocycles. The van der Waals surface area contributed by atoms with Crippen molar-refractivity contribution in [3.8, 4) is 11.3 Å². The molecule has 24 heavy (non-hydrogen) atoms. The topological polar surface area (TPSA) is 77.2 Å². The van der Waals surface area contributed by atoms with E-state index in [1.807, 2.05) is 6.07 Å². The van der Waals surface area contributed by atoms with Crippen molar-refractivity contribution in [2.24, 2.45) is 0 Å². The summed E-state index contributed by atoms with van der Waals surface area (Å²) in [4.78, 5) is 33.0. The largest absolute Gasteiger partial charge is 0.300 e. The summed E-state index contributed by atoms with van der Waals surface area (Å²) in [6.07, 6.45) is 5.03. The predicted molar refractivity (Wildman–Crippen MR) is 91.9 cm³/mol. The molecule has 0 bridgehead atoms. The molecule has 6 nitrogen and oxygen atoms in total. The third-order valence-electron chi connectivity index (χ3n) is 3.44. The summed E-state index contributed by atoms with van der Waals surface area (Å²) in [6.45, 7) is 0. The highest BCUT2D eigenvalue weighted by molar-refractivity contribution is 7.15. The van der Waals surface area contributed by atoms with Crippen molar-refractivity contribution in [3.63, 3.8) is 0 Å². The molecule has 3 aromatic heterocycles. The lowest BCUT2D eigenvalue weighted by Gasteiger charge is -1.98. The summed E-state index contributed by atoms with van der Waals surface area (Å²) in [5.41, 5.74) is 0.905. The van der Waals surface area contributed by atoms with Crippen LogP contribution in [0.1, 0.15) is 5.56 Å². The predicted octanol–water partition coefficient (Wildman–Crippen LogP) is 1.12. The van der Waals surface area contributed by atoms with Gasteiger partial charge in [0.1, 0.15) is 0 Å². The summed E-state index contributed by atoms with van der Waals surface area (Å²) in [6, 6.07) is 12.6. The van der Waals surface area contributed by atoms with Gasteiger partial charge in [-0.2, -0.15) is 14.6 Å². The van der Waals surface area contributed by atoms with Gasteiger partial charge in [0.15, 0.2) is 5.69 Å². The Balaban J connectivity index is 1.96. The molecular weight excluding hydrogens is 324 g/mol. The molecule has 4 rings (SSSR count). The Hall–Kier alpha value is -3.19. The highest BCUT2D eigenvalue weighted by Crippen LogP contribution is 2.11. The molecule has 116 valence electrons. The lowest BCUT2D eigenvalue weighted by atomic mass is 10.2. The minimum atomic E-state index is -0.446. The van der Waals surface area contributed by atoms with Gasteiger partial charge in [0, 0.05) is 18.0 Å². The maximum Gasteiger partial charge on any atom is 0.300 e. The van der Waals surface area contributed by atoms with Crippen LogP contribution in [0.4, 0.5) is 0 Å². The van der Waals surface area contributed by atoms with Crippen molar-refractivity contribution < 1.29 is 0 Å². The van der Waals surface area contributed by atoms with E-state index in [1.165, 1.54) is 4.52 Å². The Morgan fingerprint density at radius 2 is 1.75 bits per heavy atom. The fourth-order valence-corrected chi connectivity index (χ4v) is 3.20. The Morgan fingerprint density at radius 3 is 2.50 bits per heavy atom. The second kappa shape index (κ2) is 5.78. The standard InChI is InChI=1S/C17H10N4O2S/c22-15-14(12-4-2-1-3-5-12)20-21-16(23)13(24-17(21)19-15)10-11-6-8-18-9-7-11/h1-10H. The molecule has 0 radical (unpaired) electrons. The molecule has 0 aliphatic rings. The smallest absolute Gasteiger partial charge is 0.266 e. The molecule has 0 aliphatic carbocycles. The zero-order valence-electron chi connectivity index (χ0n) is 12.3. The average Bonchev–Trinajstić information content (AvgIpc) is 2.91. The maximum atomic E-state index is 12.5. The van der Waals surface area contributed by atoms with Crippen molar-refractivity contribution in [1.82, 2.24) is 19.6 Å². The van der Waals surface area contributed by atoms with Crippen LogP contribution in [0.25, 0.3) is 22.3 Å². The van der Waals surface area contributed by atoms with Crippen LogP contribution in [0.5, 0.6) is 0 Å². The van der Waals surface area contributed by atoms with Crippen LogP contribution < -0.4 is 15.7 Å². The van der Waals surface area contributed by atoms with Gasteiger partial charge in [-0.1, -0.05) is 41.7 Å². The molecule has 0 N–H and O–H groups in total. The second-order valence-corrected chi connectivity index (χ2v) is 6.03. The molecule has 0 fully saturated rings. The van der Waals surface area contributed by atoms with E-state index in [1.54, 1.807) is 54.9 Å². The first-order valence-corrected chi connectivity index (χ1v) is 7.95. The highest BCUT2D eigenvalue weighted by Gasteiger charge is 2.12. The number of benzene rings is 1. The van der Waals surface area contributed by atoms with E-state index in [0.29, 0.717) is 10.1 Å². The van der Waals surface area contributed by atoms with Crippen molar-refractivity contribution in [2.75, 3.05) is 0 Å². The van der Waals surface area contributed by atoms with Crippen LogP contribution in [0.15, 0.2) is 64.4 Å². The molecule has 0 atom stereocenters. The van der Waals surface area contributed by atoms with Gasteiger partial charge in [0.2, 0.25) is 4.96 Å². The number of rotatable bonds is 2. The lowest BCUT2D eigenvalue weighted by molar-refractivity contribution is 0.873. The Labute approximate surface area is 139 Å². The SMILES string of the molecule is O=c1nc2sc(=Cc3ccncc3)c(=O)n2nc1-c1ccccc1. The Bertz CT molecular complexity index is 1180. The van der Waals surface area contributed by atoms with E-state index >= 15 is 0 Å². The molecular formula is C17H10N4O2S. The molecule has 0 saturated carbocycles. The molecule has 0 saturated heterocycles. The number of nitrogens with zero attached hydrogens (tertiary/aromatic N) is 4. The van der Waals surface area contributed by atoms with Gasteiger partial charge >= 0.3 is 5.56 Å². The number of pyridine rings is 1. The third-order valence-corrected chi connectivity index (χ3v) is 4.40. The van der Waals surface area contributed by atoms with Crippen LogP contribution in [-0.4, -0.2) is 19.6 Å². The summed E-state index contributed by atoms with van der Waals surface area (Å²) in [5, 5.41) is 4.21. The van der Waals surface area contributed by atoms with Gasteiger partial charge < -0.3 is 0 Å². The quantitative estimate of drug-likeness (QED) is 0.549. The van der Waals surface area contributed by atoms with Crippen LogP contribution >= 0.6 is 11.3 Å². The van der Waals surface area contributed by atoms with Gasteiger partial charge in [0.25, 0.3) is 5.56 Å². The average molecular weight is 334 g/mol. The second-order valence-electron chi connectivity index (χ2n) is 5.02. The summed E-state index contributed by atoms with van der Waals surface area (Å²) in [7, 11) is 0. The van der Waals surface area contributed by atoms with E-state index in [4.69, 9.17) is 0 Å². The number of fused-ring (bicyclic) bond motifs is 1. The number of hydrogen-bond acceptors (Lipinski definition) is 6. The van der Waals surface area contributed by atoms with Gasteiger partial charge in [-0.3, -0.25) is 14.6 Å². The zero-order valence-corrected chi connectivity index (χ0v) is 13.1. The normalized spacial score (nSPS) is 11.9. The molecule has 0 unspecified atom stereocenters. The monoisotopic (exact) mass is 334 g/mol. The number of hydrogen-bond donors (Lipinski definition) is 0. The zero-order chi connectivity index (χ0) is 16.5. The highest BCUT2D eigenvalue weighted by atomic mass is 32.1. The van der Waals surface area contributed by atoms with E-state index in [-0.39, 0.29) is 16.2 Å². The van der Waals surface area contributed by atoms with Gasteiger partial charge in [-0.25, -0.2) is 0 Å². The number of aromatic nitrogens is 4. The lowest BCUT2D eigenvalue weighted by Crippen LogP contribution is -2.26. The van der Waals surface area contributed by atoms with E-state index in [0.717, 1.165) is 16.9 Å². The summed E-state index contributed by atoms with van der Waals surface area (Å²) < 4.78 is 1.65. The van der Waals surface area contributed by atoms with Crippen molar-refractivity contribution in [1.29, 1.82) is 0 Å². The Morgan fingerprint density at radius 1 is 1.00 bits per heavy atom. The van der Waals surface area contributed by atoms with Gasteiger partial charge in [-0.05, 0) is 23.8 Å².